The second kappa shape index (κ2) is 4.05. The molecule has 72 valence electrons. The van der Waals surface area contributed by atoms with Crippen LogP contribution in [0.5, 0.6) is 0 Å². The van der Waals surface area contributed by atoms with Crippen molar-refractivity contribution in [1.29, 1.82) is 0 Å². The zero-order chi connectivity index (χ0) is 9.80. The number of hydrogen-bond acceptors (Lipinski definition) is 2. The number of aromatic nitrogens is 1. The van der Waals surface area contributed by atoms with Crippen LogP contribution in [0.2, 0.25) is 0 Å². The first-order valence-electron chi connectivity index (χ1n) is 4.75. The summed E-state index contributed by atoms with van der Waals surface area (Å²) in [7, 11) is 0. The van der Waals surface area contributed by atoms with Crippen LogP contribution >= 0.6 is 0 Å². The number of nitrogens with zero attached hydrogens (tertiary/aromatic N) is 2. The summed E-state index contributed by atoms with van der Waals surface area (Å²) in [6.07, 6.45) is 9.27. The minimum atomic E-state index is 0.0362. The van der Waals surface area contributed by atoms with Crippen molar-refractivity contribution in [2.24, 2.45) is 0 Å². The fraction of sp³-hybridized carbons (Fsp3) is 0.273. The third kappa shape index (κ3) is 1.82. The van der Waals surface area contributed by atoms with E-state index in [1.54, 1.807) is 29.4 Å². The SMILES string of the molecule is O=C(c1cccnc1)N1C=CCCC1. The van der Waals surface area contributed by atoms with Crippen molar-refractivity contribution in [1.82, 2.24) is 9.88 Å². The maximum absolute atomic E-state index is 11.8. The van der Waals surface area contributed by atoms with Gasteiger partial charge in [-0.2, -0.15) is 0 Å². The van der Waals surface area contributed by atoms with Gasteiger partial charge < -0.3 is 4.90 Å². The van der Waals surface area contributed by atoms with E-state index in [0.717, 1.165) is 19.4 Å². The van der Waals surface area contributed by atoms with Crippen molar-refractivity contribution in [3.63, 3.8) is 0 Å². The maximum Gasteiger partial charge on any atom is 0.259 e. The Morgan fingerprint density at radius 2 is 2.43 bits per heavy atom. The van der Waals surface area contributed by atoms with Crippen LogP contribution in [0, 0.1) is 0 Å². The van der Waals surface area contributed by atoms with Gasteiger partial charge in [0.1, 0.15) is 0 Å². The normalized spacial score (nSPS) is 15.6. The molecule has 0 saturated carbocycles. The van der Waals surface area contributed by atoms with Gasteiger partial charge in [-0.1, -0.05) is 6.08 Å². The quantitative estimate of drug-likeness (QED) is 0.673. The van der Waals surface area contributed by atoms with Crippen molar-refractivity contribution < 1.29 is 4.79 Å². The number of rotatable bonds is 1. The minimum absolute atomic E-state index is 0.0362. The van der Waals surface area contributed by atoms with Crippen molar-refractivity contribution in [2.45, 2.75) is 12.8 Å². The van der Waals surface area contributed by atoms with Crippen molar-refractivity contribution in [2.75, 3.05) is 6.54 Å². The number of hydrogen-bond donors (Lipinski definition) is 0. The molecule has 0 bridgehead atoms. The Kier molecular flexibility index (Phi) is 2.58. The van der Waals surface area contributed by atoms with Crippen LogP contribution in [-0.2, 0) is 0 Å². The molecule has 0 aromatic carbocycles. The summed E-state index contributed by atoms with van der Waals surface area (Å²) in [6, 6.07) is 3.57. The van der Waals surface area contributed by atoms with Crippen molar-refractivity contribution in [3.05, 3.63) is 42.4 Å². The summed E-state index contributed by atoms with van der Waals surface area (Å²) in [5.74, 6) is 0.0362. The Balaban J connectivity index is 2.16. The first-order valence-corrected chi connectivity index (χ1v) is 4.75. The molecule has 2 rings (SSSR count). The molecule has 0 N–H and O–H groups in total. The van der Waals surface area contributed by atoms with Gasteiger partial charge in [-0.25, -0.2) is 0 Å². The Labute approximate surface area is 83.1 Å². The molecule has 0 saturated heterocycles. The Morgan fingerprint density at radius 3 is 3.07 bits per heavy atom. The zero-order valence-corrected chi connectivity index (χ0v) is 7.89. The molecule has 3 heteroatoms. The molecule has 1 aliphatic rings. The van der Waals surface area contributed by atoms with Crippen LogP contribution in [-0.4, -0.2) is 22.3 Å². The van der Waals surface area contributed by atoms with Gasteiger partial charge in [0.25, 0.3) is 5.91 Å². The van der Waals surface area contributed by atoms with E-state index < -0.39 is 0 Å². The van der Waals surface area contributed by atoms with Crippen LogP contribution < -0.4 is 0 Å². The summed E-state index contributed by atoms with van der Waals surface area (Å²) < 4.78 is 0. The third-order valence-corrected chi connectivity index (χ3v) is 2.22. The molecule has 0 radical (unpaired) electrons. The van der Waals surface area contributed by atoms with Gasteiger partial charge in [0.2, 0.25) is 0 Å². The highest BCUT2D eigenvalue weighted by molar-refractivity contribution is 5.94. The number of carbonyl (C=O) groups excluding carboxylic acids is 1. The van der Waals surface area contributed by atoms with E-state index in [1.165, 1.54) is 0 Å². The molecule has 1 aromatic heterocycles. The van der Waals surface area contributed by atoms with Crippen LogP contribution in [0.3, 0.4) is 0 Å². The van der Waals surface area contributed by atoms with Crippen LogP contribution in [0.1, 0.15) is 23.2 Å². The van der Waals surface area contributed by atoms with Crippen LogP contribution in [0.4, 0.5) is 0 Å². The Bertz CT molecular complexity index is 346. The average molecular weight is 188 g/mol. The highest BCUT2D eigenvalue weighted by Crippen LogP contribution is 2.10. The number of amides is 1. The van der Waals surface area contributed by atoms with Crippen LogP contribution in [0.15, 0.2) is 36.8 Å². The average Bonchev–Trinajstić information content (AvgIpc) is 2.30. The summed E-state index contributed by atoms with van der Waals surface area (Å²) in [6.45, 7) is 0.810. The van der Waals surface area contributed by atoms with Crippen LogP contribution in [0.25, 0.3) is 0 Å². The number of allylic oxidation sites excluding steroid dienone is 1. The molecule has 0 atom stereocenters. The standard InChI is InChI=1S/C11H12N2O/c14-11(10-5-4-6-12-9-10)13-7-2-1-3-8-13/h2,4-7,9H,1,3,8H2. The van der Waals surface area contributed by atoms with Gasteiger partial charge in [0, 0.05) is 25.1 Å². The topological polar surface area (TPSA) is 33.2 Å². The molecular formula is C11H12N2O. The molecule has 0 spiro atoms. The lowest BCUT2D eigenvalue weighted by molar-refractivity contribution is 0.0815. The molecule has 3 nitrogen and oxygen atoms in total. The van der Waals surface area contributed by atoms with E-state index in [2.05, 4.69) is 4.98 Å². The summed E-state index contributed by atoms with van der Waals surface area (Å²) in [4.78, 5) is 17.5. The summed E-state index contributed by atoms with van der Waals surface area (Å²) in [5.41, 5.74) is 0.652. The van der Waals surface area contributed by atoms with E-state index >= 15 is 0 Å². The molecule has 0 unspecified atom stereocenters. The summed E-state index contributed by atoms with van der Waals surface area (Å²) >= 11 is 0. The lowest BCUT2D eigenvalue weighted by Crippen LogP contribution is -2.28. The molecule has 1 aliphatic heterocycles. The van der Waals surface area contributed by atoms with E-state index in [-0.39, 0.29) is 5.91 Å². The van der Waals surface area contributed by atoms with Gasteiger partial charge >= 0.3 is 0 Å². The highest BCUT2D eigenvalue weighted by atomic mass is 16.2. The van der Waals surface area contributed by atoms with E-state index in [4.69, 9.17) is 0 Å². The van der Waals surface area contributed by atoms with Crippen molar-refractivity contribution >= 4 is 5.91 Å². The van der Waals surface area contributed by atoms with Gasteiger partial charge in [0.15, 0.2) is 0 Å². The number of carbonyl (C=O) groups is 1. The first kappa shape index (κ1) is 8.94. The minimum Gasteiger partial charge on any atom is -0.315 e. The molecule has 14 heavy (non-hydrogen) atoms. The first-order chi connectivity index (χ1) is 6.88. The van der Waals surface area contributed by atoms with Crippen molar-refractivity contribution in [3.8, 4) is 0 Å². The molecule has 1 aromatic rings. The Morgan fingerprint density at radius 1 is 1.50 bits per heavy atom. The van der Waals surface area contributed by atoms with E-state index in [0.29, 0.717) is 5.56 Å². The van der Waals surface area contributed by atoms with E-state index in [9.17, 15) is 4.79 Å². The van der Waals surface area contributed by atoms with E-state index in [1.807, 2.05) is 12.3 Å². The fourth-order valence-electron chi connectivity index (χ4n) is 1.48. The molecule has 1 amide bonds. The molecular weight excluding hydrogens is 176 g/mol. The molecule has 0 aliphatic carbocycles. The predicted molar refractivity (Wildman–Crippen MR) is 53.6 cm³/mol. The zero-order valence-electron chi connectivity index (χ0n) is 7.89. The molecule has 2 heterocycles. The lowest BCUT2D eigenvalue weighted by atomic mass is 10.2. The largest absolute Gasteiger partial charge is 0.315 e. The fourth-order valence-corrected chi connectivity index (χ4v) is 1.48. The predicted octanol–water partition coefficient (Wildman–Crippen LogP) is 1.83. The lowest BCUT2D eigenvalue weighted by Gasteiger charge is -2.20. The molecule has 0 fully saturated rings. The number of pyridine rings is 1. The van der Waals surface area contributed by atoms with Gasteiger partial charge in [0.05, 0.1) is 5.56 Å². The van der Waals surface area contributed by atoms with Gasteiger partial charge in [-0.05, 0) is 25.0 Å². The second-order valence-electron chi connectivity index (χ2n) is 3.27. The monoisotopic (exact) mass is 188 g/mol. The van der Waals surface area contributed by atoms with Gasteiger partial charge in [-0.3, -0.25) is 9.78 Å². The summed E-state index contributed by atoms with van der Waals surface area (Å²) in [5, 5.41) is 0. The van der Waals surface area contributed by atoms with Gasteiger partial charge in [-0.15, -0.1) is 0 Å². The Hall–Kier alpha value is -1.64. The third-order valence-electron chi connectivity index (χ3n) is 2.22. The maximum atomic E-state index is 11.8. The smallest absolute Gasteiger partial charge is 0.259 e. The highest BCUT2D eigenvalue weighted by Gasteiger charge is 2.14. The second-order valence-corrected chi connectivity index (χ2v) is 3.27.